The van der Waals surface area contributed by atoms with E-state index in [2.05, 4.69) is 9.97 Å². The van der Waals surface area contributed by atoms with Gasteiger partial charge in [-0.3, -0.25) is 0 Å². The summed E-state index contributed by atoms with van der Waals surface area (Å²) in [7, 11) is 1.47. The minimum absolute atomic E-state index is 0.247. The van der Waals surface area contributed by atoms with E-state index in [4.69, 9.17) is 21.4 Å². The first-order valence-corrected chi connectivity index (χ1v) is 7.35. The summed E-state index contributed by atoms with van der Waals surface area (Å²) in [6.45, 7) is 2.01. The fourth-order valence-electron chi connectivity index (χ4n) is 2.23. The monoisotopic (exact) mass is 320 g/mol. The van der Waals surface area contributed by atoms with E-state index in [0.717, 1.165) is 17.5 Å². The molecule has 2 aromatic rings. The van der Waals surface area contributed by atoms with Crippen molar-refractivity contribution in [3.63, 3.8) is 0 Å². The molecule has 0 saturated carbocycles. The van der Waals surface area contributed by atoms with Crippen LogP contribution in [0.5, 0.6) is 5.88 Å². The van der Waals surface area contributed by atoms with Crippen LogP contribution < -0.4 is 4.74 Å². The molecular weight excluding hydrogens is 304 g/mol. The maximum Gasteiger partial charge on any atom is 0.374 e. The standard InChI is InChI=1S/C16H17ClN2O3/c1-3-6-13-11(9-10-7-4-5-8-12(10)17)15(22-2)19-14(18-13)16(20)21/h4-5,7-8H,3,6,9H2,1-2H3,(H,20,21). The molecule has 5 nitrogen and oxygen atoms in total. The number of methoxy groups -OCH3 is 1. The number of carboxylic acid groups (broad SMARTS) is 1. The number of carboxylic acids is 1. The number of ether oxygens (including phenoxy) is 1. The molecule has 22 heavy (non-hydrogen) atoms. The molecule has 0 atom stereocenters. The summed E-state index contributed by atoms with van der Waals surface area (Å²) in [5.41, 5.74) is 2.39. The van der Waals surface area contributed by atoms with Gasteiger partial charge in [-0.15, -0.1) is 0 Å². The molecule has 1 heterocycles. The van der Waals surface area contributed by atoms with E-state index >= 15 is 0 Å². The summed E-state index contributed by atoms with van der Waals surface area (Å²) >= 11 is 6.21. The summed E-state index contributed by atoms with van der Waals surface area (Å²) in [4.78, 5) is 19.3. The molecule has 6 heteroatoms. The molecule has 1 aromatic carbocycles. The van der Waals surface area contributed by atoms with Crippen molar-refractivity contribution in [1.82, 2.24) is 9.97 Å². The van der Waals surface area contributed by atoms with Crippen LogP contribution in [0.15, 0.2) is 24.3 Å². The van der Waals surface area contributed by atoms with Gasteiger partial charge in [0.15, 0.2) is 0 Å². The number of hydrogen-bond acceptors (Lipinski definition) is 4. The predicted octanol–water partition coefficient (Wildman–Crippen LogP) is 3.38. The molecule has 0 radical (unpaired) electrons. The van der Waals surface area contributed by atoms with Gasteiger partial charge in [0.2, 0.25) is 11.7 Å². The van der Waals surface area contributed by atoms with E-state index in [1.54, 1.807) is 0 Å². The molecule has 0 aliphatic rings. The molecule has 0 unspecified atom stereocenters. The molecule has 2 rings (SSSR count). The number of benzene rings is 1. The zero-order chi connectivity index (χ0) is 16.1. The number of nitrogens with zero attached hydrogens (tertiary/aromatic N) is 2. The van der Waals surface area contributed by atoms with Crippen LogP contribution in [0.2, 0.25) is 5.02 Å². The van der Waals surface area contributed by atoms with E-state index in [0.29, 0.717) is 23.6 Å². The van der Waals surface area contributed by atoms with Crippen LogP contribution in [-0.2, 0) is 12.8 Å². The van der Waals surface area contributed by atoms with Crippen molar-refractivity contribution in [1.29, 1.82) is 0 Å². The second-order valence-electron chi connectivity index (χ2n) is 4.81. The zero-order valence-corrected chi connectivity index (χ0v) is 13.2. The van der Waals surface area contributed by atoms with Crippen LogP contribution in [-0.4, -0.2) is 28.2 Å². The fraction of sp³-hybridized carbons (Fsp3) is 0.312. The minimum Gasteiger partial charge on any atom is -0.481 e. The molecule has 0 aliphatic heterocycles. The predicted molar refractivity (Wildman–Crippen MR) is 83.8 cm³/mol. The SMILES string of the molecule is CCCc1nc(C(=O)O)nc(OC)c1Cc1ccccc1Cl. The Morgan fingerprint density at radius 1 is 1.32 bits per heavy atom. The maximum absolute atomic E-state index is 11.1. The topological polar surface area (TPSA) is 72.3 Å². The van der Waals surface area contributed by atoms with Gasteiger partial charge in [-0.05, 0) is 18.1 Å². The van der Waals surface area contributed by atoms with Crippen LogP contribution >= 0.6 is 11.6 Å². The van der Waals surface area contributed by atoms with E-state index in [-0.39, 0.29) is 11.7 Å². The number of carbonyl (C=O) groups is 1. The van der Waals surface area contributed by atoms with Gasteiger partial charge in [0.05, 0.1) is 12.8 Å². The molecule has 0 fully saturated rings. The van der Waals surface area contributed by atoms with Crippen molar-refractivity contribution in [2.45, 2.75) is 26.2 Å². The number of hydrogen-bond donors (Lipinski definition) is 1. The van der Waals surface area contributed by atoms with Gasteiger partial charge < -0.3 is 9.84 Å². The van der Waals surface area contributed by atoms with Crippen LogP contribution in [0.1, 0.15) is 40.8 Å². The van der Waals surface area contributed by atoms with Crippen LogP contribution in [0.4, 0.5) is 0 Å². The maximum atomic E-state index is 11.1. The van der Waals surface area contributed by atoms with Crippen molar-refractivity contribution in [2.24, 2.45) is 0 Å². The molecule has 116 valence electrons. The largest absolute Gasteiger partial charge is 0.481 e. The summed E-state index contributed by atoms with van der Waals surface area (Å²) < 4.78 is 5.28. The van der Waals surface area contributed by atoms with Gasteiger partial charge in [0.1, 0.15) is 0 Å². The van der Waals surface area contributed by atoms with E-state index in [1.807, 2.05) is 31.2 Å². The lowest BCUT2D eigenvalue weighted by Gasteiger charge is -2.13. The highest BCUT2D eigenvalue weighted by Gasteiger charge is 2.19. The number of halogens is 1. The van der Waals surface area contributed by atoms with Crippen molar-refractivity contribution in [2.75, 3.05) is 7.11 Å². The highest BCUT2D eigenvalue weighted by atomic mass is 35.5. The highest BCUT2D eigenvalue weighted by Crippen LogP contribution is 2.26. The Hall–Kier alpha value is -2.14. The molecule has 0 saturated heterocycles. The minimum atomic E-state index is -1.17. The molecule has 1 aromatic heterocycles. The highest BCUT2D eigenvalue weighted by molar-refractivity contribution is 6.31. The van der Waals surface area contributed by atoms with Crippen molar-refractivity contribution >= 4 is 17.6 Å². The Bertz CT molecular complexity index is 689. The Kier molecular flexibility index (Phi) is 5.33. The summed E-state index contributed by atoms with van der Waals surface area (Å²) in [6, 6.07) is 7.50. The summed E-state index contributed by atoms with van der Waals surface area (Å²) in [5.74, 6) is -1.13. The second-order valence-corrected chi connectivity index (χ2v) is 5.21. The van der Waals surface area contributed by atoms with Gasteiger partial charge in [0.25, 0.3) is 0 Å². The summed E-state index contributed by atoms with van der Waals surface area (Å²) in [6.07, 6.45) is 1.99. The van der Waals surface area contributed by atoms with Gasteiger partial charge >= 0.3 is 5.97 Å². The molecule has 0 aliphatic carbocycles. The third kappa shape index (κ3) is 3.54. The smallest absolute Gasteiger partial charge is 0.374 e. The van der Waals surface area contributed by atoms with Crippen molar-refractivity contribution < 1.29 is 14.6 Å². The first-order valence-electron chi connectivity index (χ1n) is 6.97. The quantitative estimate of drug-likeness (QED) is 0.883. The number of aryl methyl sites for hydroxylation is 1. The van der Waals surface area contributed by atoms with E-state index in [9.17, 15) is 4.79 Å². The summed E-state index contributed by atoms with van der Waals surface area (Å²) in [5, 5.41) is 9.77. The lowest BCUT2D eigenvalue weighted by Crippen LogP contribution is -2.12. The van der Waals surface area contributed by atoms with Gasteiger partial charge in [-0.25, -0.2) is 9.78 Å². The Morgan fingerprint density at radius 2 is 2.05 bits per heavy atom. The first-order chi connectivity index (χ1) is 10.6. The molecule has 0 bridgehead atoms. The normalized spacial score (nSPS) is 10.5. The fourth-order valence-corrected chi connectivity index (χ4v) is 2.43. The van der Waals surface area contributed by atoms with Gasteiger partial charge in [0, 0.05) is 17.0 Å². The Morgan fingerprint density at radius 3 is 2.64 bits per heavy atom. The molecular formula is C16H17ClN2O3. The Balaban J connectivity index is 2.52. The second kappa shape index (κ2) is 7.22. The third-order valence-electron chi connectivity index (χ3n) is 3.25. The molecule has 0 spiro atoms. The zero-order valence-electron chi connectivity index (χ0n) is 12.5. The van der Waals surface area contributed by atoms with Crippen LogP contribution in [0.3, 0.4) is 0 Å². The first kappa shape index (κ1) is 16.2. The number of aromatic nitrogens is 2. The van der Waals surface area contributed by atoms with Crippen molar-refractivity contribution in [3.8, 4) is 5.88 Å². The lowest BCUT2D eigenvalue weighted by molar-refractivity contribution is 0.0681. The number of rotatable bonds is 6. The molecule has 1 N–H and O–H groups in total. The van der Waals surface area contributed by atoms with E-state index < -0.39 is 5.97 Å². The Labute approximate surface area is 133 Å². The van der Waals surface area contributed by atoms with Gasteiger partial charge in [-0.2, -0.15) is 4.98 Å². The average Bonchev–Trinajstić information content (AvgIpc) is 2.50. The number of aromatic carboxylic acids is 1. The average molecular weight is 321 g/mol. The lowest BCUT2D eigenvalue weighted by atomic mass is 10.0. The van der Waals surface area contributed by atoms with E-state index in [1.165, 1.54) is 7.11 Å². The van der Waals surface area contributed by atoms with Crippen LogP contribution in [0.25, 0.3) is 0 Å². The molecule has 0 amide bonds. The van der Waals surface area contributed by atoms with Gasteiger partial charge in [-0.1, -0.05) is 43.1 Å². The van der Waals surface area contributed by atoms with Crippen molar-refractivity contribution in [3.05, 3.63) is 51.9 Å². The van der Waals surface area contributed by atoms with Crippen LogP contribution in [0, 0.1) is 0 Å². The third-order valence-corrected chi connectivity index (χ3v) is 3.62.